The van der Waals surface area contributed by atoms with Crippen molar-refractivity contribution in [3.63, 3.8) is 0 Å². The molecule has 0 aliphatic heterocycles. The zero-order valence-electron chi connectivity index (χ0n) is 14.4. The Morgan fingerprint density at radius 1 is 1.00 bits per heavy atom. The van der Waals surface area contributed by atoms with E-state index >= 15 is 0 Å². The Morgan fingerprint density at radius 3 is 2.50 bits per heavy atom. The van der Waals surface area contributed by atoms with Crippen LogP contribution in [-0.4, -0.2) is 20.4 Å². The molecule has 0 unspecified atom stereocenters. The van der Waals surface area contributed by atoms with E-state index in [1.54, 1.807) is 12.4 Å². The topological polar surface area (TPSA) is 59.8 Å². The fourth-order valence-electron chi connectivity index (χ4n) is 2.94. The monoisotopic (exact) mass is 342 g/mol. The van der Waals surface area contributed by atoms with Gasteiger partial charge in [0, 0.05) is 31.5 Å². The molecule has 4 rings (SSSR count). The van der Waals surface area contributed by atoms with Crippen molar-refractivity contribution in [1.82, 2.24) is 19.9 Å². The van der Waals surface area contributed by atoms with Gasteiger partial charge < -0.3 is 5.32 Å². The summed E-state index contributed by atoms with van der Waals surface area (Å²) in [6.45, 7) is 2.05. The van der Waals surface area contributed by atoms with Crippen LogP contribution in [0, 0.1) is 0 Å². The first-order chi connectivity index (χ1) is 12.7. The van der Waals surface area contributed by atoms with Crippen LogP contribution in [0.4, 0.5) is 0 Å². The lowest BCUT2D eigenvalue weighted by Crippen LogP contribution is -2.18. The van der Waals surface area contributed by atoms with Crippen molar-refractivity contribution in [3.8, 4) is 16.8 Å². The van der Waals surface area contributed by atoms with Crippen molar-refractivity contribution in [1.29, 1.82) is 0 Å². The second kappa shape index (κ2) is 6.80. The van der Waals surface area contributed by atoms with E-state index in [9.17, 15) is 4.79 Å². The highest BCUT2D eigenvalue weighted by Gasteiger charge is 2.07. The van der Waals surface area contributed by atoms with Gasteiger partial charge in [0.2, 0.25) is 5.91 Å². The quantitative estimate of drug-likeness (QED) is 0.615. The number of hydrogen-bond donors (Lipinski definition) is 1. The van der Waals surface area contributed by atoms with Crippen molar-refractivity contribution in [2.75, 3.05) is 0 Å². The number of amides is 1. The Bertz CT molecular complexity index is 1050. The molecular formula is C21H18N4O. The lowest BCUT2D eigenvalue weighted by molar-refractivity contribution is -0.119. The Balaban J connectivity index is 1.69. The molecule has 5 nitrogen and oxygen atoms in total. The second-order valence-electron chi connectivity index (χ2n) is 6.13. The number of fused-ring (bicyclic) bond motifs is 1. The molecule has 2 heterocycles. The summed E-state index contributed by atoms with van der Waals surface area (Å²) < 4.78 is 2.07. The second-order valence-corrected chi connectivity index (χ2v) is 6.13. The smallest absolute Gasteiger partial charge is 0.217 e. The van der Waals surface area contributed by atoms with Gasteiger partial charge in [-0.2, -0.15) is 0 Å². The van der Waals surface area contributed by atoms with E-state index in [2.05, 4.69) is 32.0 Å². The number of hydrogen-bond acceptors (Lipinski definition) is 3. The van der Waals surface area contributed by atoms with Gasteiger partial charge in [-0.05, 0) is 53.1 Å². The first-order valence-electron chi connectivity index (χ1n) is 8.42. The molecule has 1 N–H and O–H groups in total. The van der Waals surface area contributed by atoms with Gasteiger partial charge in [0.1, 0.15) is 6.33 Å². The molecule has 0 bridgehead atoms. The third-order valence-corrected chi connectivity index (χ3v) is 4.32. The molecule has 2 aromatic carbocycles. The number of benzene rings is 2. The van der Waals surface area contributed by atoms with Gasteiger partial charge >= 0.3 is 0 Å². The molecular weight excluding hydrogens is 324 g/mol. The molecule has 2 aromatic heterocycles. The third-order valence-electron chi connectivity index (χ3n) is 4.32. The van der Waals surface area contributed by atoms with Crippen LogP contribution in [0.15, 0.2) is 73.3 Å². The fraction of sp³-hybridized carbons (Fsp3) is 0.0952. The SMILES string of the molecule is CC(=O)NCc1ccc(-n2cnc3ccc(-c4ccncc4)cc32)cc1. The fourth-order valence-corrected chi connectivity index (χ4v) is 2.94. The van der Waals surface area contributed by atoms with Crippen molar-refractivity contribution >= 4 is 16.9 Å². The number of imidazole rings is 1. The van der Waals surface area contributed by atoms with E-state index in [1.807, 2.05) is 48.8 Å². The summed E-state index contributed by atoms with van der Waals surface area (Å²) in [6, 6.07) is 18.4. The van der Waals surface area contributed by atoms with Crippen molar-refractivity contribution in [2.45, 2.75) is 13.5 Å². The lowest BCUT2D eigenvalue weighted by atomic mass is 10.1. The summed E-state index contributed by atoms with van der Waals surface area (Å²) in [7, 11) is 0. The standard InChI is InChI=1S/C21H18N4O/c1-15(26)23-13-16-2-5-19(6-3-16)25-14-24-20-7-4-18(12-21(20)25)17-8-10-22-11-9-17/h2-12,14H,13H2,1H3,(H,23,26). The van der Waals surface area contributed by atoms with E-state index in [1.165, 1.54) is 6.92 Å². The van der Waals surface area contributed by atoms with Crippen molar-refractivity contribution in [3.05, 3.63) is 78.9 Å². The number of carbonyl (C=O) groups is 1. The summed E-state index contributed by atoms with van der Waals surface area (Å²) in [6.07, 6.45) is 5.43. The lowest BCUT2D eigenvalue weighted by Gasteiger charge is -2.08. The van der Waals surface area contributed by atoms with Crippen molar-refractivity contribution < 1.29 is 4.79 Å². The number of pyridine rings is 1. The molecule has 128 valence electrons. The Kier molecular flexibility index (Phi) is 4.19. The molecule has 0 aliphatic carbocycles. The highest BCUT2D eigenvalue weighted by molar-refractivity contribution is 5.83. The number of nitrogens with one attached hydrogen (secondary N) is 1. The first-order valence-corrected chi connectivity index (χ1v) is 8.42. The Labute approximate surface area is 151 Å². The molecule has 5 heteroatoms. The largest absolute Gasteiger partial charge is 0.352 e. The minimum absolute atomic E-state index is 0.0293. The van der Waals surface area contributed by atoms with E-state index in [-0.39, 0.29) is 5.91 Å². The summed E-state index contributed by atoms with van der Waals surface area (Å²) in [4.78, 5) is 19.6. The molecule has 4 aromatic rings. The predicted octanol–water partition coefficient (Wildman–Crippen LogP) is 3.72. The number of carbonyl (C=O) groups excluding carboxylic acids is 1. The highest BCUT2D eigenvalue weighted by Crippen LogP contribution is 2.25. The van der Waals surface area contributed by atoms with Crippen LogP contribution < -0.4 is 5.32 Å². The Morgan fingerprint density at radius 2 is 1.77 bits per heavy atom. The van der Waals surface area contributed by atoms with Crippen LogP contribution >= 0.6 is 0 Å². The van der Waals surface area contributed by atoms with Gasteiger partial charge in [-0.15, -0.1) is 0 Å². The van der Waals surface area contributed by atoms with Crippen LogP contribution in [0.1, 0.15) is 12.5 Å². The highest BCUT2D eigenvalue weighted by atomic mass is 16.1. The van der Waals surface area contributed by atoms with Gasteiger partial charge in [-0.3, -0.25) is 14.3 Å². The van der Waals surface area contributed by atoms with Crippen molar-refractivity contribution in [2.24, 2.45) is 0 Å². The summed E-state index contributed by atoms with van der Waals surface area (Å²) >= 11 is 0. The van der Waals surface area contributed by atoms with E-state index in [4.69, 9.17) is 0 Å². The maximum absolute atomic E-state index is 11.0. The van der Waals surface area contributed by atoms with Gasteiger partial charge in [-0.25, -0.2) is 4.98 Å². The third kappa shape index (κ3) is 3.19. The van der Waals surface area contributed by atoms with Crippen LogP contribution in [0.25, 0.3) is 27.8 Å². The van der Waals surface area contributed by atoms with Gasteiger partial charge in [0.05, 0.1) is 11.0 Å². The van der Waals surface area contributed by atoms with Gasteiger partial charge in [0.25, 0.3) is 0 Å². The summed E-state index contributed by atoms with van der Waals surface area (Å²) in [5, 5.41) is 2.81. The summed E-state index contributed by atoms with van der Waals surface area (Å²) in [5.74, 6) is -0.0293. The maximum Gasteiger partial charge on any atom is 0.217 e. The number of rotatable bonds is 4. The molecule has 0 saturated heterocycles. The number of aromatic nitrogens is 3. The van der Waals surface area contributed by atoms with Gasteiger partial charge in [-0.1, -0.05) is 18.2 Å². The molecule has 0 aliphatic rings. The number of nitrogens with zero attached hydrogens (tertiary/aromatic N) is 3. The van der Waals surface area contributed by atoms with E-state index in [0.29, 0.717) is 6.54 Å². The van der Waals surface area contributed by atoms with Gasteiger partial charge in [0.15, 0.2) is 0 Å². The molecule has 1 amide bonds. The molecule has 0 saturated carbocycles. The zero-order valence-corrected chi connectivity index (χ0v) is 14.4. The van der Waals surface area contributed by atoms with E-state index < -0.39 is 0 Å². The average molecular weight is 342 g/mol. The zero-order chi connectivity index (χ0) is 17.9. The molecule has 0 spiro atoms. The Hall–Kier alpha value is -3.47. The summed E-state index contributed by atoms with van der Waals surface area (Å²) in [5.41, 5.74) is 6.35. The van der Waals surface area contributed by atoms with E-state index in [0.717, 1.165) is 33.4 Å². The van der Waals surface area contributed by atoms with Crippen LogP contribution in [0.3, 0.4) is 0 Å². The van der Waals surface area contributed by atoms with Crippen LogP contribution in [-0.2, 0) is 11.3 Å². The molecule has 0 atom stereocenters. The molecule has 0 fully saturated rings. The minimum Gasteiger partial charge on any atom is -0.352 e. The maximum atomic E-state index is 11.0. The molecule has 26 heavy (non-hydrogen) atoms. The predicted molar refractivity (Wildman–Crippen MR) is 102 cm³/mol. The first kappa shape index (κ1) is 16.0. The van der Waals surface area contributed by atoms with Crippen LogP contribution in [0.5, 0.6) is 0 Å². The molecule has 0 radical (unpaired) electrons. The minimum atomic E-state index is -0.0293. The normalized spacial score (nSPS) is 10.8. The van der Waals surface area contributed by atoms with Crippen LogP contribution in [0.2, 0.25) is 0 Å². The average Bonchev–Trinajstić information content (AvgIpc) is 3.10.